The van der Waals surface area contributed by atoms with Crippen molar-refractivity contribution in [2.75, 3.05) is 61.1 Å². The molecule has 0 aliphatic carbocycles. The highest BCUT2D eigenvalue weighted by molar-refractivity contribution is 9.10. The molecule has 27 heavy (non-hydrogen) atoms. The minimum Gasteiger partial charge on any atom is -0.378 e. The zero-order chi connectivity index (χ0) is 18.6. The molecule has 0 saturated carbocycles. The van der Waals surface area contributed by atoms with Gasteiger partial charge in [0.25, 0.3) is 0 Å². The van der Waals surface area contributed by atoms with E-state index in [1.54, 1.807) is 0 Å². The first-order valence-corrected chi connectivity index (χ1v) is 10.3. The Hall–Kier alpha value is -1.93. The van der Waals surface area contributed by atoms with E-state index in [1.807, 2.05) is 30.6 Å². The summed E-state index contributed by atoms with van der Waals surface area (Å²) in [6.45, 7) is 5.21. The molecule has 2 fully saturated rings. The lowest BCUT2D eigenvalue weighted by molar-refractivity contribution is 0.122. The molecular formula is C19H25BrN6O. The Morgan fingerprint density at radius 3 is 2.78 bits per heavy atom. The molecule has 2 saturated heterocycles. The molecule has 0 aromatic carbocycles. The van der Waals surface area contributed by atoms with E-state index in [4.69, 9.17) is 9.72 Å². The second kappa shape index (κ2) is 8.39. The molecule has 2 aromatic heterocycles. The second-order valence-electron chi connectivity index (χ2n) is 6.98. The molecule has 2 aliphatic rings. The Morgan fingerprint density at radius 1 is 1.11 bits per heavy atom. The fourth-order valence-corrected chi connectivity index (χ4v) is 4.22. The maximum absolute atomic E-state index is 5.45. The second-order valence-corrected chi connectivity index (χ2v) is 7.83. The molecule has 144 valence electrons. The van der Waals surface area contributed by atoms with Crippen LogP contribution in [0, 0.1) is 0 Å². The van der Waals surface area contributed by atoms with Crippen molar-refractivity contribution in [1.82, 2.24) is 15.0 Å². The van der Waals surface area contributed by atoms with Gasteiger partial charge in [-0.15, -0.1) is 0 Å². The predicted octanol–water partition coefficient (Wildman–Crippen LogP) is 2.58. The van der Waals surface area contributed by atoms with Gasteiger partial charge in [0.05, 0.1) is 17.7 Å². The van der Waals surface area contributed by atoms with Crippen LogP contribution in [-0.4, -0.2) is 67.4 Å². The SMILES string of the molecule is CN(c1nccc(N2CCOCC2)n1)C1CCCN(c2ncccc2Br)C1. The quantitative estimate of drug-likeness (QED) is 0.735. The van der Waals surface area contributed by atoms with E-state index in [1.165, 1.54) is 0 Å². The Morgan fingerprint density at radius 2 is 1.96 bits per heavy atom. The van der Waals surface area contributed by atoms with E-state index in [0.29, 0.717) is 6.04 Å². The highest BCUT2D eigenvalue weighted by Gasteiger charge is 2.27. The summed E-state index contributed by atoms with van der Waals surface area (Å²) >= 11 is 3.63. The summed E-state index contributed by atoms with van der Waals surface area (Å²) in [7, 11) is 2.10. The molecule has 8 heteroatoms. The molecule has 4 rings (SSSR count). The van der Waals surface area contributed by atoms with E-state index in [9.17, 15) is 0 Å². The van der Waals surface area contributed by atoms with Crippen LogP contribution in [0.25, 0.3) is 0 Å². The molecule has 0 bridgehead atoms. The van der Waals surface area contributed by atoms with Crippen LogP contribution in [0.1, 0.15) is 12.8 Å². The molecule has 2 aliphatic heterocycles. The summed E-state index contributed by atoms with van der Waals surface area (Å²) in [4.78, 5) is 20.7. The van der Waals surface area contributed by atoms with Gasteiger partial charge in [-0.05, 0) is 47.0 Å². The number of likely N-dealkylation sites (N-methyl/N-ethyl adjacent to an activating group) is 1. The summed E-state index contributed by atoms with van der Waals surface area (Å²) in [5, 5.41) is 0. The summed E-state index contributed by atoms with van der Waals surface area (Å²) in [5.74, 6) is 2.78. The van der Waals surface area contributed by atoms with Gasteiger partial charge in [0, 0.05) is 51.7 Å². The minimum atomic E-state index is 0.354. The van der Waals surface area contributed by atoms with Gasteiger partial charge >= 0.3 is 0 Å². The normalized spacial score (nSPS) is 20.6. The Bertz CT molecular complexity index is 769. The Labute approximate surface area is 168 Å². The largest absolute Gasteiger partial charge is 0.378 e. The maximum atomic E-state index is 5.45. The van der Waals surface area contributed by atoms with Crippen LogP contribution < -0.4 is 14.7 Å². The number of rotatable bonds is 4. The van der Waals surface area contributed by atoms with Crippen molar-refractivity contribution in [2.45, 2.75) is 18.9 Å². The lowest BCUT2D eigenvalue weighted by atomic mass is 10.0. The zero-order valence-electron chi connectivity index (χ0n) is 15.6. The third kappa shape index (κ3) is 4.16. The van der Waals surface area contributed by atoms with Crippen molar-refractivity contribution in [3.05, 3.63) is 35.1 Å². The third-order valence-electron chi connectivity index (χ3n) is 5.26. The number of piperidine rings is 1. The van der Waals surface area contributed by atoms with Gasteiger partial charge in [-0.1, -0.05) is 0 Å². The van der Waals surface area contributed by atoms with Gasteiger partial charge in [0.1, 0.15) is 11.6 Å². The molecule has 0 spiro atoms. The van der Waals surface area contributed by atoms with Crippen molar-refractivity contribution in [2.24, 2.45) is 0 Å². The molecule has 0 amide bonds. The molecule has 4 heterocycles. The summed E-state index contributed by atoms with van der Waals surface area (Å²) < 4.78 is 6.49. The smallest absolute Gasteiger partial charge is 0.227 e. The van der Waals surface area contributed by atoms with Gasteiger partial charge in [-0.2, -0.15) is 4.98 Å². The average molecular weight is 433 g/mol. The number of hydrogen-bond acceptors (Lipinski definition) is 7. The number of nitrogens with zero attached hydrogens (tertiary/aromatic N) is 6. The number of anilines is 3. The number of ether oxygens (including phenoxy) is 1. The molecule has 1 unspecified atom stereocenters. The van der Waals surface area contributed by atoms with Gasteiger partial charge in [-0.25, -0.2) is 9.97 Å². The van der Waals surface area contributed by atoms with Crippen molar-refractivity contribution < 1.29 is 4.74 Å². The van der Waals surface area contributed by atoms with Crippen LogP contribution in [0.5, 0.6) is 0 Å². The Kier molecular flexibility index (Phi) is 5.73. The fourth-order valence-electron chi connectivity index (χ4n) is 3.71. The van der Waals surface area contributed by atoms with Crippen molar-refractivity contribution in [1.29, 1.82) is 0 Å². The van der Waals surface area contributed by atoms with Crippen LogP contribution in [0.4, 0.5) is 17.6 Å². The van der Waals surface area contributed by atoms with Crippen molar-refractivity contribution >= 4 is 33.5 Å². The van der Waals surface area contributed by atoms with E-state index < -0.39 is 0 Å². The highest BCUT2D eigenvalue weighted by Crippen LogP contribution is 2.28. The maximum Gasteiger partial charge on any atom is 0.227 e. The number of halogens is 1. The molecule has 1 atom stereocenters. The number of aromatic nitrogens is 3. The molecule has 0 radical (unpaired) electrons. The first-order valence-electron chi connectivity index (χ1n) is 9.46. The third-order valence-corrected chi connectivity index (χ3v) is 5.88. The van der Waals surface area contributed by atoms with Crippen LogP contribution in [0.2, 0.25) is 0 Å². The molecular weight excluding hydrogens is 408 g/mol. The summed E-state index contributed by atoms with van der Waals surface area (Å²) in [6, 6.07) is 6.34. The van der Waals surface area contributed by atoms with E-state index >= 15 is 0 Å². The standard InChI is InChI=1S/C19H25BrN6O/c1-24(19-22-8-6-17(23-19)25-10-12-27-13-11-25)15-4-3-9-26(14-15)18-16(20)5-2-7-21-18/h2,5-8,15H,3-4,9-14H2,1H3. The first kappa shape index (κ1) is 18.4. The summed E-state index contributed by atoms with van der Waals surface area (Å²) in [5.41, 5.74) is 0. The van der Waals surface area contributed by atoms with Crippen LogP contribution >= 0.6 is 15.9 Å². The lowest BCUT2D eigenvalue weighted by Gasteiger charge is -2.38. The highest BCUT2D eigenvalue weighted by atomic mass is 79.9. The van der Waals surface area contributed by atoms with E-state index in [0.717, 1.165) is 74.3 Å². The van der Waals surface area contributed by atoms with Gasteiger partial charge in [-0.3, -0.25) is 0 Å². The van der Waals surface area contributed by atoms with Gasteiger partial charge < -0.3 is 19.4 Å². The molecule has 2 aromatic rings. The average Bonchev–Trinajstić information content (AvgIpc) is 2.74. The lowest BCUT2D eigenvalue weighted by Crippen LogP contribution is -2.47. The van der Waals surface area contributed by atoms with Gasteiger partial charge in [0.15, 0.2) is 0 Å². The van der Waals surface area contributed by atoms with Gasteiger partial charge in [0.2, 0.25) is 5.95 Å². The molecule has 7 nitrogen and oxygen atoms in total. The summed E-state index contributed by atoms with van der Waals surface area (Å²) in [6.07, 6.45) is 5.96. The number of pyridine rings is 1. The minimum absolute atomic E-state index is 0.354. The van der Waals surface area contributed by atoms with E-state index in [2.05, 4.69) is 47.6 Å². The number of hydrogen-bond donors (Lipinski definition) is 0. The topological polar surface area (TPSA) is 57.6 Å². The van der Waals surface area contributed by atoms with Crippen LogP contribution in [0.3, 0.4) is 0 Å². The Balaban J connectivity index is 1.49. The van der Waals surface area contributed by atoms with Crippen LogP contribution in [0.15, 0.2) is 35.1 Å². The van der Waals surface area contributed by atoms with Crippen molar-refractivity contribution in [3.8, 4) is 0 Å². The molecule has 0 N–H and O–H groups in total. The fraction of sp³-hybridized carbons (Fsp3) is 0.526. The predicted molar refractivity (Wildman–Crippen MR) is 111 cm³/mol. The van der Waals surface area contributed by atoms with E-state index in [-0.39, 0.29) is 0 Å². The first-order chi connectivity index (χ1) is 13.2. The number of morpholine rings is 1. The van der Waals surface area contributed by atoms with Crippen molar-refractivity contribution in [3.63, 3.8) is 0 Å². The monoisotopic (exact) mass is 432 g/mol. The zero-order valence-corrected chi connectivity index (χ0v) is 17.2. The van der Waals surface area contributed by atoms with Crippen LogP contribution in [-0.2, 0) is 4.74 Å².